The van der Waals surface area contributed by atoms with Crippen molar-refractivity contribution in [3.63, 3.8) is 0 Å². The largest absolute Gasteiger partial charge is 0.354 e. The van der Waals surface area contributed by atoms with Crippen molar-refractivity contribution in [2.24, 2.45) is 5.92 Å². The van der Waals surface area contributed by atoms with E-state index < -0.39 is 28.5 Å². The van der Waals surface area contributed by atoms with Crippen LogP contribution in [-0.2, 0) is 32.6 Å². The van der Waals surface area contributed by atoms with E-state index in [4.69, 9.17) is 23.2 Å². The van der Waals surface area contributed by atoms with Crippen molar-refractivity contribution in [1.82, 2.24) is 10.2 Å². The second-order valence-corrected chi connectivity index (χ2v) is 15.0. The fourth-order valence-electron chi connectivity index (χ4n) is 4.81. The Kier molecular flexibility index (Phi) is 12.3. The zero-order chi connectivity index (χ0) is 33.4. The topological polar surface area (TPSA) is 86.8 Å². The molecule has 7 nitrogen and oxygen atoms in total. The van der Waals surface area contributed by atoms with Crippen LogP contribution in [0.25, 0.3) is 0 Å². The van der Waals surface area contributed by atoms with E-state index in [-0.39, 0.29) is 45.4 Å². The van der Waals surface area contributed by atoms with Gasteiger partial charge in [0.05, 0.1) is 20.6 Å². The van der Waals surface area contributed by atoms with Crippen molar-refractivity contribution in [2.45, 2.75) is 44.7 Å². The number of nitrogens with one attached hydrogen (secondary N) is 1. The third-order valence-electron chi connectivity index (χ3n) is 7.28. The molecule has 1 atom stereocenters. The first-order chi connectivity index (χ1) is 21.8. The van der Waals surface area contributed by atoms with Gasteiger partial charge in [-0.25, -0.2) is 8.42 Å². The molecule has 11 heteroatoms. The van der Waals surface area contributed by atoms with Gasteiger partial charge in [-0.15, -0.1) is 0 Å². The fraction of sp³-hybridized carbons (Fsp3) is 0.257. The third kappa shape index (κ3) is 9.35. The van der Waals surface area contributed by atoms with Crippen LogP contribution in [0, 0.1) is 12.8 Å². The number of hydrogen-bond acceptors (Lipinski definition) is 4. The van der Waals surface area contributed by atoms with Crippen LogP contribution in [-0.4, -0.2) is 44.3 Å². The zero-order valence-electron chi connectivity index (χ0n) is 25.8. The van der Waals surface area contributed by atoms with Crippen molar-refractivity contribution >= 4 is 66.7 Å². The molecule has 0 aliphatic rings. The van der Waals surface area contributed by atoms with Crippen LogP contribution in [0.4, 0.5) is 5.69 Å². The number of anilines is 1. The van der Waals surface area contributed by atoms with Crippen molar-refractivity contribution in [2.75, 3.05) is 17.4 Å². The summed E-state index contributed by atoms with van der Waals surface area (Å²) in [5, 5.41) is 3.37. The molecule has 0 radical (unpaired) electrons. The Balaban J connectivity index is 1.82. The number of carbonyl (C=O) groups excluding carboxylic acids is 2. The molecular weight excluding hydrogens is 709 g/mol. The summed E-state index contributed by atoms with van der Waals surface area (Å²) in [6.07, 6.45) is 0.224. The van der Waals surface area contributed by atoms with Gasteiger partial charge in [0.15, 0.2) is 0 Å². The Hall–Kier alpha value is -3.37. The fourth-order valence-corrected chi connectivity index (χ4v) is 6.96. The number of nitrogens with zero attached hydrogens (tertiary/aromatic N) is 2. The molecule has 0 fully saturated rings. The number of sulfonamides is 1. The molecule has 4 aromatic carbocycles. The van der Waals surface area contributed by atoms with Gasteiger partial charge in [0.25, 0.3) is 10.0 Å². The third-order valence-corrected chi connectivity index (χ3v) is 10.3. The quantitative estimate of drug-likeness (QED) is 0.152. The van der Waals surface area contributed by atoms with E-state index in [9.17, 15) is 18.0 Å². The number of hydrogen-bond donors (Lipinski definition) is 1. The standard InChI is InChI=1S/C35H36BrCl2N3O4S/c1-24(2)21-39-35(43)33(19-26-8-5-4-6-9-26)40(22-27-10-7-11-28(36)18-27)34(42)23-41(29-14-17-31(37)32(38)20-29)46(44,45)30-15-12-25(3)13-16-30/h4-18,20,24,33H,19,21-23H2,1-3H3,(H,39,43)/t33-/m1/s1. The van der Waals surface area contributed by atoms with E-state index in [0.717, 1.165) is 25.5 Å². The van der Waals surface area contributed by atoms with Crippen LogP contribution < -0.4 is 9.62 Å². The molecule has 46 heavy (non-hydrogen) atoms. The van der Waals surface area contributed by atoms with E-state index in [1.165, 1.54) is 35.2 Å². The van der Waals surface area contributed by atoms with E-state index >= 15 is 0 Å². The monoisotopic (exact) mass is 743 g/mol. The maximum atomic E-state index is 14.5. The molecule has 0 aliphatic heterocycles. The normalized spacial score (nSPS) is 12.1. The highest BCUT2D eigenvalue weighted by molar-refractivity contribution is 9.10. The lowest BCUT2D eigenvalue weighted by atomic mass is 10.0. The first-order valence-corrected chi connectivity index (χ1v) is 17.7. The molecule has 0 aromatic heterocycles. The number of halogens is 3. The maximum Gasteiger partial charge on any atom is 0.264 e. The molecule has 0 bridgehead atoms. The minimum Gasteiger partial charge on any atom is -0.354 e. The van der Waals surface area contributed by atoms with Crippen molar-refractivity contribution in [1.29, 1.82) is 0 Å². The summed E-state index contributed by atoms with van der Waals surface area (Å²) in [5.74, 6) is -0.717. The van der Waals surface area contributed by atoms with Crippen LogP contribution in [0.5, 0.6) is 0 Å². The number of amides is 2. The molecule has 0 unspecified atom stereocenters. The summed E-state index contributed by atoms with van der Waals surface area (Å²) in [5.41, 5.74) is 2.66. The Bertz CT molecular complexity index is 1770. The molecule has 4 aromatic rings. The van der Waals surface area contributed by atoms with Crippen molar-refractivity contribution in [3.8, 4) is 0 Å². The summed E-state index contributed by atoms with van der Waals surface area (Å²) < 4.78 is 30.2. The highest BCUT2D eigenvalue weighted by Gasteiger charge is 2.35. The summed E-state index contributed by atoms with van der Waals surface area (Å²) >= 11 is 16.0. The molecule has 0 heterocycles. The summed E-state index contributed by atoms with van der Waals surface area (Å²) in [6.45, 7) is 5.72. The first-order valence-electron chi connectivity index (χ1n) is 14.7. The average molecular weight is 746 g/mol. The lowest BCUT2D eigenvalue weighted by molar-refractivity contribution is -0.140. The number of rotatable bonds is 13. The van der Waals surface area contributed by atoms with Gasteiger partial charge in [-0.1, -0.05) is 113 Å². The molecule has 242 valence electrons. The predicted octanol–water partition coefficient (Wildman–Crippen LogP) is 7.67. The van der Waals surface area contributed by atoms with Gasteiger partial charge in [0.1, 0.15) is 12.6 Å². The highest BCUT2D eigenvalue weighted by atomic mass is 79.9. The zero-order valence-corrected chi connectivity index (χ0v) is 29.7. The van der Waals surface area contributed by atoms with Crippen molar-refractivity contribution in [3.05, 3.63) is 128 Å². The Labute approximate surface area is 289 Å². The number of carbonyl (C=O) groups is 2. The van der Waals surface area contributed by atoms with Gasteiger partial charge in [0.2, 0.25) is 11.8 Å². The second-order valence-electron chi connectivity index (χ2n) is 11.4. The minimum absolute atomic E-state index is 0.00558. The van der Waals surface area contributed by atoms with Gasteiger partial charge in [0, 0.05) is 24.0 Å². The van der Waals surface area contributed by atoms with Crippen LogP contribution in [0.3, 0.4) is 0 Å². The summed E-state index contributed by atoms with van der Waals surface area (Å²) in [7, 11) is -4.26. The maximum absolute atomic E-state index is 14.5. The number of aryl methyl sites for hydroxylation is 1. The van der Waals surface area contributed by atoms with Gasteiger partial charge in [-0.2, -0.15) is 0 Å². The molecule has 0 saturated carbocycles. The smallest absolute Gasteiger partial charge is 0.264 e. The molecule has 1 N–H and O–H groups in total. The molecule has 0 saturated heterocycles. The highest BCUT2D eigenvalue weighted by Crippen LogP contribution is 2.31. The molecule has 2 amide bonds. The Morgan fingerprint density at radius 3 is 2.15 bits per heavy atom. The first kappa shape index (κ1) is 35.5. The van der Waals surface area contributed by atoms with E-state index in [1.807, 2.05) is 75.4 Å². The summed E-state index contributed by atoms with van der Waals surface area (Å²) in [6, 6.07) is 26.7. The molecular formula is C35H36BrCl2N3O4S. The second kappa shape index (κ2) is 16.0. The molecule has 0 aliphatic carbocycles. The van der Waals surface area contributed by atoms with E-state index in [1.54, 1.807) is 12.1 Å². The SMILES string of the molecule is Cc1ccc(S(=O)(=O)N(CC(=O)N(Cc2cccc(Br)c2)[C@H](Cc2ccccc2)C(=O)NCC(C)C)c2ccc(Cl)c(Cl)c2)cc1. The van der Waals surface area contributed by atoms with Crippen LogP contribution in [0.1, 0.15) is 30.5 Å². The summed E-state index contributed by atoms with van der Waals surface area (Å²) in [4.78, 5) is 29.9. The average Bonchev–Trinajstić information content (AvgIpc) is 3.02. The molecule has 4 rings (SSSR count). The Morgan fingerprint density at radius 2 is 1.52 bits per heavy atom. The van der Waals surface area contributed by atoms with Gasteiger partial charge in [-0.05, 0) is 66.4 Å². The van der Waals surface area contributed by atoms with Gasteiger partial charge < -0.3 is 10.2 Å². The minimum atomic E-state index is -4.26. The van der Waals surface area contributed by atoms with E-state index in [2.05, 4.69) is 21.2 Å². The lowest BCUT2D eigenvalue weighted by Crippen LogP contribution is -2.53. The van der Waals surface area contributed by atoms with Crippen LogP contribution >= 0.6 is 39.1 Å². The lowest BCUT2D eigenvalue weighted by Gasteiger charge is -2.34. The van der Waals surface area contributed by atoms with Crippen molar-refractivity contribution < 1.29 is 18.0 Å². The van der Waals surface area contributed by atoms with Gasteiger partial charge >= 0.3 is 0 Å². The van der Waals surface area contributed by atoms with Gasteiger partial charge in [-0.3, -0.25) is 13.9 Å². The Morgan fingerprint density at radius 1 is 0.848 bits per heavy atom. The predicted molar refractivity (Wildman–Crippen MR) is 189 cm³/mol. The van der Waals surface area contributed by atoms with E-state index in [0.29, 0.717) is 6.54 Å². The molecule has 0 spiro atoms. The van der Waals surface area contributed by atoms with Crippen LogP contribution in [0.15, 0.2) is 106 Å². The number of benzene rings is 4. The van der Waals surface area contributed by atoms with Crippen LogP contribution in [0.2, 0.25) is 10.0 Å².